The van der Waals surface area contributed by atoms with Crippen LogP contribution >= 0.6 is 0 Å². The molecule has 2 aromatic carbocycles. The monoisotopic (exact) mass is 384 g/mol. The van der Waals surface area contributed by atoms with Gasteiger partial charge in [0.2, 0.25) is 5.91 Å². The molecule has 152 valence electrons. The van der Waals surface area contributed by atoms with Crippen LogP contribution in [0.25, 0.3) is 0 Å². The lowest BCUT2D eigenvalue weighted by molar-refractivity contribution is -0.117. The summed E-state index contributed by atoms with van der Waals surface area (Å²) in [5.41, 5.74) is 2.98. The molecule has 0 aliphatic rings. The predicted molar refractivity (Wildman–Crippen MR) is 114 cm³/mol. The average molecular weight is 385 g/mol. The Kier molecular flexibility index (Phi) is 7.88. The zero-order valence-corrected chi connectivity index (χ0v) is 17.7. The van der Waals surface area contributed by atoms with E-state index in [0.29, 0.717) is 5.92 Å². The van der Waals surface area contributed by atoms with E-state index in [4.69, 9.17) is 9.47 Å². The first-order valence-electron chi connectivity index (χ1n) is 9.79. The lowest BCUT2D eigenvalue weighted by Crippen LogP contribution is -2.39. The number of methoxy groups -OCH3 is 2. The van der Waals surface area contributed by atoms with Gasteiger partial charge in [0, 0.05) is 17.3 Å². The first kappa shape index (κ1) is 21.8. The standard InChI is InChI=1S/C23H32N2O3/c1-7-15(2)19-10-8-9-11-21(19)25-23(26)17(4)24-16(3)20-14-18(27-5)12-13-22(20)28-6/h8-17,24H,7H2,1-6H3,(H,25,26). The summed E-state index contributed by atoms with van der Waals surface area (Å²) in [6, 6.07) is 13.2. The SMILES string of the molecule is CCC(C)c1ccccc1NC(=O)C(C)NC(C)c1cc(OC)ccc1OC. The number of hydrogen-bond donors (Lipinski definition) is 2. The van der Waals surface area contributed by atoms with Gasteiger partial charge in [0.05, 0.1) is 20.3 Å². The highest BCUT2D eigenvalue weighted by Crippen LogP contribution is 2.30. The maximum Gasteiger partial charge on any atom is 0.241 e. The van der Waals surface area contributed by atoms with E-state index in [1.54, 1.807) is 14.2 Å². The fraction of sp³-hybridized carbons (Fsp3) is 0.435. The van der Waals surface area contributed by atoms with Crippen LogP contribution in [0.3, 0.4) is 0 Å². The molecule has 5 heteroatoms. The van der Waals surface area contributed by atoms with E-state index in [-0.39, 0.29) is 18.0 Å². The molecule has 3 atom stereocenters. The van der Waals surface area contributed by atoms with E-state index in [2.05, 4.69) is 30.5 Å². The molecule has 0 spiro atoms. The van der Waals surface area contributed by atoms with E-state index >= 15 is 0 Å². The Balaban J connectivity index is 2.11. The first-order valence-corrected chi connectivity index (χ1v) is 9.79. The summed E-state index contributed by atoms with van der Waals surface area (Å²) in [6.07, 6.45) is 1.02. The Bertz CT molecular complexity index is 791. The van der Waals surface area contributed by atoms with Crippen LogP contribution in [0.2, 0.25) is 0 Å². The molecule has 0 saturated carbocycles. The van der Waals surface area contributed by atoms with Gasteiger partial charge in [0.15, 0.2) is 0 Å². The number of nitrogens with one attached hydrogen (secondary N) is 2. The quantitative estimate of drug-likeness (QED) is 0.646. The first-order chi connectivity index (χ1) is 13.4. The normalized spacial score (nSPS) is 14.1. The van der Waals surface area contributed by atoms with Crippen molar-refractivity contribution in [2.75, 3.05) is 19.5 Å². The summed E-state index contributed by atoms with van der Waals surface area (Å²) in [5.74, 6) is 1.84. The molecule has 0 saturated heterocycles. The van der Waals surface area contributed by atoms with Gasteiger partial charge in [-0.25, -0.2) is 0 Å². The molecule has 2 aromatic rings. The van der Waals surface area contributed by atoms with Crippen molar-refractivity contribution in [3.8, 4) is 11.5 Å². The fourth-order valence-electron chi connectivity index (χ4n) is 3.22. The Morgan fingerprint density at radius 3 is 2.36 bits per heavy atom. The molecule has 0 aliphatic heterocycles. The van der Waals surface area contributed by atoms with Gasteiger partial charge in [-0.15, -0.1) is 0 Å². The minimum absolute atomic E-state index is 0.0653. The van der Waals surface area contributed by atoms with Gasteiger partial charge in [-0.3, -0.25) is 10.1 Å². The number of carbonyl (C=O) groups is 1. The van der Waals surface area contributed by atoms with Gasteiger partial charge in [-0.2, -0.15) is 0 Å². The van der Waals surface area contributed by atoms with Crippen molar-refractivity contribution >= 4 is 11.6 Å². The number of amides is 1. The van der Waals surface area contributed by atoms with Gasteiger partial charge in [0.25, 0.3) is 0 Å². The summed E-state index contributed by atoms with van der Waals surface area (Å²) in [4.78, 5) is 12.8. The van der Waals surface area contributed by atoms with Gasteiger partial charge in [-0.05, 0) is 56.0 Å². The molecule has 2 N–H and O–H groups in total. The van der Waals surface area contributed by atoms with Crippen LogP contribution in [-0.4, -0.2) is 26.2 Å². The molecular formula is C23H32N2O3. The van der Waals surface area contributed by atoms with Gasteiger partial charge in [-0.1, -0.05) is 32.0 Å². The highest BCUT2D eigenvalue weighted by molar-refractivity contribution is 5.95. The van der Waals surface area contributed by atoms with Gasteiger partial charge in [0.1, 0.15) is 11.5 Å². The third-order valence-corrected chi connectivity index (χ3v) is 5.16. The van der Waals surface area contributed by atoms with Crippen LogP contribution < -0.4 is 20.1 Å². The van der Waals surface area contributed by atoms with Crippen molar-refractivity contribution < 1.29 is 14.3 Å². The van der Waals surface area contributed by atoms with E-state index < -0.39 is 0 Å². The third kappa shape index (κ3) is 5.26. The number of para-hydroxylation sites is 1. The van der Waals surface area contributed by atoms with Crippen molar-refractivity contribution in [1.29, 1.82) is 0 Å². The summed E-state index contributed by atoms with van der Waals surface area (Å²) in [6.45, 7) is 8.19. The molecule has 0 bridgehead atoms. The number of ether oxygens (including phenoxy) is 2. The maximum atomic E-state index is 12.8. The molecular weight excluding hydrogens is 352 g/mol. The second kappa shape index (κ2) is 10.1. The average Bonchev–Trinajstić information content (AvgIpc) is 2.72. The Labute approximate surface area is 168 Å². The Morgan fingerprint density at radius 1 is 1.00 bits per heavy atom. The molecule has 0 fully saturated rings. The number of benzene rings is 2. The van der Waals surface area contributed by atoms with Crippen molar-refractivity contribution in [1.82, 2.24) is 5.32 Å². The Hall–Kier alpha value is -2.53. The summed E-state index contributed by atoms with van der Waals surface area (Å²) >= 11 is 0. The van der Waals surface area contributed by atoms with Crippen LogP contribution in [0, 0.1) is 0 Å². The minimum atomic E-state index is -0.379. The lowest BCUT2D eigenvalue weighted by atomic mass is 9.97. The van der Waals surface area contributed by atoms with Crippen LogP contribution in [0.4, 0.5) is 5.69 Å². The molecule has 28 heavy (non-hydrogen) atoms. The van der Waals surface area contributed by atoms with Crippen LogP contribution in [0.1, 0.15) is 57.2 Å². The van der Waals surface area contributed by atoms with Crippen molar-refractivity contribution in [3.63, 3.8) is 0 Å². The fourth-order valence-corrected chi connectivity index (χ4v) is 3.22. The Morgan fingerprint density at radius 2 is 1.71 bits per heavy atom. The van der Waals surface area contributed by atoms with Gasteiger partial charge < -0.3 is 14.8 Å². The molecule has 0 aromatic heterocycles. The zero-order valence-electron chi connectivity index (χ0n) is 17.7. The molecule has 5 nitrogen and oxygen atoms in total. The molecule has 0 radical (unpaired) electrons. The summed E-state index contributed by atoms with van der Waals surface area (Å²) in [7, 11) is 3.27. The van der Waals surface area contributed by atoms with E-state index in [1.165, 1.54) is 0 Å². The highest BCUT2D eigenvalue weighted by Gasteiger charge is 2.20. The van der Waals surface area contributed by atoms with E-state index in [0.717, 1.165) is 34.7 Å². The highest BCUT2D eigenvalue weighted by atomic mass is 16.5. The van der Waals surface area contributed by atoms with E-state index in [1.807, 2.05) is 50.2 Å². The lowest BCUT2D eigenvalue weighted by Gasteiger charge is -2.23. The number of carbonyl (C=O) groups excluding carboxylic acids is 1. The van der Waals surface area contributed by atoms with Crippen LogP contribution in [-0.2, 0) is 4.79 Å². The second-order valence-corrected chi connectivity index (χ2v) is 7.10. The predicted octanol–water partition coefficient (Wildman–Crippen LogP) is 4.90. The largest absolute Gasteiger partial charge is 0.497 e. The summed E-state index contributed by atoms with van der Waals surface area (Å²) in [5, 5.41) is 6.43. The molecule has 1 amide bonds. The minimum Gasteiger partial charge on any atom is -0.497 e. The number of anilines is 1. The molecule has 0 aliphatic carbocycles. The number of rotatable bonds is 9. The van der Waals surface area contributed by atoms with Crippen molar-refractivity contribution in [3.05, 3.63) is 53.6 Å². The summed E-state index contributed by atoms with van der Waals surface area (Å²) < 4.78 is 10.8. The van der Waals surface area contributed by atoms with Crippen molar-refractivity contribution in [2.45, 2.75) is 52.1 Å². The molecule has 0 heterocycles. The molecule has 3 unspecified atom stereocenters. The maximum absolute atomic E-state index is 12.8. The van der Waals surface area contributed by atoms with Crippen molar-refractivity contribution in [2.24, 2.45) is 0 Å². The third-order valence-electron chi connectivity index (χ3n) is 5.16. The number of hydrogen-bond acceptors (Lipinski definition) is 4. The molecule has 2 rings (SSSR count). The topological polar surface area (TPSA) is 59.6 Å². The van der Waals surface area contributed by atoms with Gasteiger partial charge >= 0.3 is 0 Å². The zero-order chi connectivity index (χ0) is 20.7. The second-order valence-electron chi connectivity index (χ2n) is 7.10. The smallest absolute Gasteiger partial charge is 0.241 e. The van der Waals surface area contributed by atoms with E-state index in [9.17, 15) is 4.79 Å². The van der Waals surface area contributed by atoms with Crippen LogP contribution in [0.5, 0.6) is 11.5 Å². The van der Waals surface area contributed by atoms with Crippen LogP contribution in [0.15, 0.2) is 42.5 Å².